The van der Waals surface area contributed by atoms with E-state index < -0.39 is 23.7 Å². The van der Waals surface area contributed by atoms with E-state index in [-0.39, 0.29) is 5.97 Å². The molecule has 1 amide bonds. The molecule has 24 heavy (non-hydrogen) atoms. The zero-order valence-electron chi connectivity index (χ0n) is 14.9. The molecule has 1 fully saturated rings. The number of para-hydroxylation sites is 1. The summed E-state index contributed by atoms with van der Waals surface area (Å²) >= 11 is 0. The molecule has 1 heterocycles. The van der Waals surface area contributed by atoms with Crippen molar-refractivity contribution in [3.8, 4) is 5.75 Å². The van der Waals surface area contributed by atoms with Gasteiger partial charge in [0, 0.05) is 12.1 Å². The van der Waals surface area contributed by atoms with Gasteiger partial charge in [-0.15, -0.1) is 0 Å². The van der Waals surface area contributed by atoms with Crippen molar-refractivity contribution < 1.29 is 23.8 Å². The summed E-state index contributed by atoms with van der Waals surface area (Å²) in [5.41, 5.74) is 0.171. The minimum atomic E-state index is -0.605. The van der Waals surface area contributed by atoms with Crippen LogP contribution in [0, 0.1) is 5.92 Å². The third kappa shape index (κ3) is 3.80. The Bertz CT molecular complexity index is 608. The number of rotatable bonds is 3. The third-order valence-electron chi connectivity index (χ3n) is 3.99. The van der Waals surface area contributed by atoms with Gasteiger partial charge in [0.25, 0.3) is 0 Å². The average Bonchev–Trinajstić information content (AvgIpc) is 2.97. The Morgan fingerprint density at radius 1 is 1.17 bits per heavy atom. The van der Waals surface area contributed by atoms with Gasteiger partial charge < -0.3 is 19.1 Å². The molecular weight excluding hydrogens is 310 g/mol. The lowest BCUT2D eigenvalue weighted by Crippen LogP contribution is -2.38. The van der Waals surface area contributed by atoms with E-state index in [9.17, 15) is 9.59 Å². The maximum atomic E-state index is 12.6. The number of carbonyl (C=O) groups excluding carboxylic acids is 2. The highest BCUT2D eigenvalue weighted by molar-refractivity contribution is 5.77. The number of esters is 1. The largest absolute Gasteiger partial charge is 0.496 e. The SMILES string of the molecule is COC(=O)C1CCN(C(=O)OC(C)(C)C)C1c1ccccc1OC. The van der Waals surface area contributed by atoms with E-state index in [4.69, 9.17) is 14.2 Å². The first kappa shape index (κ1) is 18.1. The summed E-state index contributed by atoms with van der Waals surface area (Å²) in [5.74, 6) is -0.150. The predicted octanol–water partition coefficient (Wildman–Crippen LogP) is 3.17. The second kappa shape index (κ2) is 7.11. The molecule has 0 bridgehead atoms. The first-order chi connectivity index (χ1) is 11.3. The Labute approximate surface area is 142 Å². The summed E-state index contributed by atoms with van der Waals surface area (Å²) in [6.45, 7) is 5.88. The molecule has 6 nitrogen and oxygen atoms in total. The number of carbonyl (C=O) groups is 2. The standard InChI is InChI=1S/C18H25NO5/c1-18(2,3)24-17(21)19-11-10-13(16(20)23-5)15(19)12-8-6-7-9-14(12)22-4/h6-9,13,15H,10-11H2,1-5H3. The zero-order valence-corrected chi connectivity index (χ0v) is 14.9. The van der Waals surface area contributed by atoms with E-state index in [2.05, 4.69) is 0 Å². The van der Waals surface area contributed by atoms with Crippen LogP contribution in [0.25, 0.3) is 0 Å². The van der Waals surface area contributed by atoms with E-state index in [0.29, 0.717) is 18.7 Å². The van der Waals surface area contributed by atoms with E-state index in [1.54, 1.807) is 12.0 Å². The van der Waals surface area contributed by atoms with Crippen molar-refractivity contribution in [1.82, 2.24) is 4.90 Å². The molecule has 2 unspecified atom stereocenters. The fraction of sp³-hybridized carbons (Fsp3) is 0.556. The number of methoxy groups -OCH3 is 2. The van der Waals surface area contributed by atoms with Gasteiger partial charge in [-0.05, 0) is 33.3 Å². The summed E-state index contributed by atoms with van der Waals surface area (Å²) in [4.78, 5) is 26.4. The highest BCUT2D eigenvalue weighted by Gasteiger charge is 2.45. The zero-order chi connectivity index (χ0) is 17.9. The lowest BCUT2D eigenvalue weighted by Gasteiger charge is -2.31. The van der Waals surface area contributed by atoms with Gasteiger partial charge in [0.05, 0.1) is 26.2 Å². The van der Waals surface area contributed by atoms with Crippen molar-refractivity contribution in [3.63, 3.8) is 0 Å². The quantitative estimate of drug-likeness (QED) is 0.794. The lowest BCUT2D eigenvalue weighted by atomic mass is 9.93. The highest BCUT2D eigenvalue weighted by atomic mass is 16.6. The van der Waals surface area contributed by atoms with Crippen LogP contribution in [0.5, 0.6) is 5.75 Å². The lowest BCUT2D eigenvalue weighted by molar-refractivity contribution is -0.146. The van der Waals surface area contributed by atoms with Crippen LogP contribution in [-0.2, 0) is 14.3 Å². The fourth-order valence-electron chi connectivity index (χ4n) is 3.01. The summed E-state index contributed by atoms with van der Waals surface area (Å²) in [6, 6.07) is 6.92. The molecule has 0 aliphatic carbocycles. The second-order valence-electron chi connectivity index (χ2n) is 6.78. The first-order valence-electron chi connectivity index (χ1n) is 7.99. The Balaban J connectivity index is 2.40. The third-order valence-corrected chi connectivity index (χ3v) is 3.99. The van der Waals surface area contributed by atoms with Gasteiger partial charge in [-0.1, -0.05) is 18.2 Å². The minimum absolute atomic E-state index is 0.336. The smallest absolute Gasteiger partial charge is 0.410 e. The summed E-state index contributed by atoms with van der Waals surface area (Å²) < 4.78 is 15.9. The number of hydrogen-bond acceptors (Lipinski definition) is 5. The average molecular weight is 335 g/mol. The molecule has 1 aliphatic heterocycles. The van der Waals surface area contributed by atoms with Crippen LogP contribution in [0.1, 0.15) is 38.8 Å². The molecule has 0 aromatic heterocycles. The van der Waals surface area contributed by atoms with Crippen molar-refractivity contribution in [3.05, 3.63) is 29.8 Å². The topological polar surface area (TPSA) is 65.1 Å². The summed E-state index contributed by atoms with van der Waals surface area (Å²) in [6.07, 6.45) is 0.0825. The van der Waals surface area contributed by atoms with Gasteiger partial charge >= 0.3 is 12.1 Å². The molecule has 1 aromatic rings. The Kier molecular flexibility index (Phi) is 5.36. The van der Waals surface area contributed by atoms with Gasteiger partial charge in [-0.25, -0.2) is 4.79 Å². The number of hydrogen-bond donors (Lipinski definition) is 0. The Morgan fingerprint density at radius 2 is 1.83 bits per heavy atom. The molecule has 1 saturated heterocycles. The van der Waals surface area contributed by atoms with E-state index in [0.717, 1.165) is 5.56 Å². The Hall–Kier alpha value is -2.24. The fourth-order valence-corrected chi connectivity index (χ4v) is 3.01. The minimum Gasteiger partial charge on any atom is -0.496 e. The number of benzene rings is 1. The number of amides is 1. The second-order valence-corrected chi connectivity index (χ2v) is 6.78. The van der Waals surface area contributed by atoms with Crippen LogP contribution < -0.4 is 4.74 Å². The van der Waals surface area contributed by atoms with Crippen LogP contribution in [0.2, 0.25) is 0 Å². The number of ether oxygens (including phenoxy) is 3. The van der Waals surface area contributed by atoms with Crippen molar-refractivity contribution in [1.29, 1.82) is 0 Å². The normalized spacial score (nSPS) is 20.6. The van der Waals surface area contributed by atoms with Crippen LogP contribution >= 0.6 is 0 Å². The van der Waals surface area contributed by atoms with E-state index >= 15 is 0 Å². The van der Waals surface area contributed by atoms with E-state index in [1.165, 1.54) is 7.11 Å². The number of likely N-dealkylation sites (tertiary alicyclic amines) is 1. The van der Waals surface area contributed by atoms with Crippen LogP contribution in [0.15, 0.2) is 24.3 Å². The Morgan fingerprint density at radius 3 is 2.42 bits per heavy atom. The maximum Gasteiger partial charge on any atom is 0.410 e. The van der Waals surface area contributed by atoms with Crippen LogP contribution in [0.3, 0.4) is 0 Å². The van der Waals surface area contributed by atoms with Gasteiger partial charge in [0.1, 0.15) is 11.4 Å². The molecule has 1 aromatic carbocycles. The molecule has 1 aliphatic rings. The molecule has 6 heteroatoms. The molecule has 132 valence electrons. The van der Waals surface area contributed by atoms with Crippen molar-refractivity contribution in [2.75, 3.05) is 20.8 Å². The molecule has 2 rings (SSSR count). The highest BCUT2D eigenvalue weighted by Crippen LogP contribution is 2.42. The van der Waals surface area contributed by atoms with Crippen LogP contribution in [-0.4, -0.2) is 43.3 Å². The van der Waals surface area contributed by atoms with E-state index in [1.807, 2.05) is 45.0 Å². The molecule has 0 radical (unpaired) electrons. The number of nitrogens with zero attached hydrogens (tertiary/aromatic N) is 1. The molecule has 0 N–H and O–H groups in total. The summed E-state index contributed by atoms with van der Waals surface area (Å²) in [7, 11) is 2.93. The van der Waals surface area contributed by atoms with Gasteiger partial charge in [-0.2, -0.15) is 0 Å². The monoisotopic (exact) mass is 335 g/mol. The molecule has 2 atom stereocenters. The molecule has 0 saturated carbocycles. The first-order valence-corrected chi connectivity index (χ1v) is 7.99. The maximum absolute atomic E-state index is 12.6. The van der Waals surface area contributed by atoms with Crippen molar-refractivity contribution in [2.45, 2.75) is 38.8 Å². The molecule has 0 spiro atoms. The van der Waals surface area contributed by atoms with Gasteiger partial charge in [0.2, 0.25) is 0 Å². The summed E-state index contributed by atoms with van der Waals surface area (Å²) in [5, 5.41) is 0. The molecular formula is C18H25NO5. The van der Waals surface area contributed by atoms with Crippen LogP contribution in [0.4, 0.5) is 4.79 Å². The van der Waals surface area contributed by atoms with Gasteiger partial charge in [-0.3, -0.25) is 4.79 Å². The van der Waals surface area contributed by atoms with Gasteiger partial charge in [0.15, 0.2) is 0 Å². The van der Waals surface area contributed by atoms with Crippen molar-refractivity contribution in [2.24, 2.45) is 5.92 Å². The predicted molar refractivity (Wildman–Crippen MR) is 88.8 cm³/mol. The van der Waals surface area contributed by atoms with Crippen molar-refractivity contribution >= 4 is 12.1 Å².